The second-order valence-electron chi connectivity index (χ2n) is 5.37. The summed E-state index contributed by atoms with van der Waals surface area (Å²) in [4.78, 5) is 11.8. The quantitative estimate of drug-likeness (QED) is 0.610. The number of hydrogen-bond acceptors (Lipinski definition) is 4. The first-order chi connectivity index (χ1) is 9.77. The van der Waals surface area contributed by atoms with E-state index in [4.69, 9.17) is 27.0 Å². The predicted molar refractivity (Wildman–Crippen MR) is 81.3 cm³/mol. The van der Waals surface area contributed by atoms with Crippen molar-refractivity contribution in [2.24, 2.45) is 5.92 Å². The SMILES string of the molecule is CC1CCC(OC(=O)c2ccc(Cl)c(S(=O)(=O)Cl)c2)CC1. The second kappa shape index (κ2) is 6.55. The normalized spacial score (nSPS) is 22.8. The van der Waals surface area contributed by atoms with Crippen molar-refractivity contribution >= 4 is 37.3 Å². The fourth-order valence-electron chi connectivity index (χ4n) is 2.38. The molecule has 1 fully saturated rings. The van der Waals surface area contributed by atoms with Crippen molar-refractivity contribution in [3.63, 3.8) is 0 Å². The van der Waals surface area contributed by atoms with Crippen LogP contribution in [0.1, 0.15) is 43.0 Å². The van der Waals surface area contributed by atoms with E-state index in [9.17, 15) is 13.2 Å². The highest BCUT2D eigenvalue weighted by atomic mass is 35.7. The van der Waals surface area contributed by atoms with Gasteiger partial charge in [0.25, 0.3) is 9.05 Å². The average Bonchev–Trinajstić information content (AvgIpc) is 2.40. The lowest BCUT2D eigenvalue weighted by atomic mass is 9.89. The fourth-order valence-corrected chi connectivity index (χ4v) is 3.88. The lowest BCUT2D eigenvalue weighted by Crippen LogP contribution is -2.23. The Hall–Kier alpha value is -0.780. The van der Waals surface area contributed by atoms with Gasteiger partial charge in [-0.05, 0) is 49.8 Å². The molecule has 0 amide bonds. The van der Waals surface area contributed by atoms with Gasteiger partial charge in [-0.25, -0.2) is 13.2 Å². The van der Waals surface area contributed by atoms with E-state index in [0.717, 1.165) is 31.7 Å². The fraction of sp³-hybridized carbons (Fsp3) is 0.500. The minimum absolute atomic E-state index is 0.0203. The molecule has 1 saturated carbocycles. The molecule has 0 spiro atoms. The minimum atomic E-state index is -4.00. The molecule has 0 saturated heterocycles. The van der Waals surface area contributed by atoms with Crippen LogP contribution in [0.3, 0.4) is 0 Å². The van der Waals surface area contributed by atoms with Crippen molar-refractivity contribution in [1.29, 1.82) is 0 Å². The van der Waals surface area contributed by atoms with Crippen LogP contribution in [0.25, 0.3) is 0 Å². The largest absolute Gasteiger partial charge is 0.459 e. The Bertz CT molecular complexity index is 634. The molecule has 7 heteroatoms. The molecule has 0 aromatic heterocycles. The van der Waals surface area contributed by atoms with Gasteiger partial charge in [-0.2, -0.15) is 0 Å². The van der Waals surface area contributed by atoms with Crippen molar-refractivity contribution in [2.75, 3.05) is 0 Å². The van der Waals surface area contributed by atoms with Crippen LogP contribution < -0.4 is 0 Å². The standard InChI is InChI=1S/C14H16Cl2O4S/c1-9-2-5-11(6-3-9)20-14(17)10-4-7-12(15)13(8-10)21(16,18)19/h4,7-9,11H,2-3,5-6H2,1H3. The number of halogens is 2. The molecule has 1 aromatic rings. The first kappa shape index (κ1) is 16.6. The summed E-state index contributed by atoms with van der Waals surface area (Å²) in [5, 5.41) is -0.0203. The van der Waals surface area contributed by atoms with Crippen LogP contribution in [0.15, 0.2) is 23.1 Å². The molecule has 4 nitrogen and oxygen atoms in total. The van der Waals surface area contributed by atoms with E-state index in [-0.39, 0.29) is 21.6 Å². The summed E-state index contributed by atoms with van der Waals surface area (Å²) in [6.45, 7) is 2.18. The van der Waals surface area contributed by atoms with Crippen LogP contribution in [0.2, 0.25) is 5.02 Å². The van der Waals surface area contributed by atoms with Crippen molar-refractivity contribution in [3.8, 4) is 0 Å². The maximum atomic E-state index is 12.1. The van der Waals surface area contributed by atoms with E-state index in [0.29, 0.717) is 5.92 Å². The zero-order chi connectivity index (χ0) is 15.6. The zero-order valence-corrected chi connectivity index (χ0v) is 13.8. The Morgan fingerprint density at radius 1 is 1.24 bits per heavy atom. The molecule has 0 heterocycles. The van der Waals surface area contributed by atoms with Gasteiger partial charge in [-0.15, -0.1) is 0 Å². The van der Waals surface area contributed by atoms with Gasteiger partial charge in [0.05, 0.1) is 10.6 Å². The molecule has 21 heavy (non-hydrogen) atoms. The number of hydrogen-bond donors (Lipinski definition) is 0. The third-order valence-electron chi connectivity index (χ3n) is 3.67. The van der Waals surface area contributed by atoms with Gasteiger partial charge in [-0.1, -0.05) is 18.5 Å². The Morgan fingerprint density at radius 2 is 1.86 bits per heavy atom. The van der Waals surface area contributed by atoms with Crippen LogP contribution in [-0.4, -0.2) is 20.5 Å². The molecular formula is C14H16Cl2O4S. The Kier molecular flexibility index (Phi) is 5.17. The highest BCUT2D eigenvalue weighted by Gasteiger charge is 2.23. The molecule has 0 radical (unpaired) electrons. The highest BCUT2D eigenvalue weighted by Crippen LogP contribution is 2.28. The maximum Gasteiger partial charge on any atom is 0.338 e. The summed E-state index contributed by atoms with van der Waals surface area (Å²) < 4.78 is 28.2. The van der Waals surface area contributed by atoms with Crippen LogP contribution in [0.5, 0.6) is 0 Å². The van der Waals surface area contributed by atoms with Crippen molar-refractivity contribution in [2.45, 2.75) is 43.6 Å². The van der Waals surface area contributed by atoms with E-state index >= 15 is 0 Å². The summed E-state index contributed by atoms with van der Waals surface area (Å²) in [7, 11) is 1.29. The van der Waals surface area contributed by atoms with Gasteiger partial charge in [0, 0.05) is 10.7 Å². The van der Waals surface area contributed by atoms with Crippen LogP contribution >= 0.6 is 22.3 Å². The molecule has 0 aliphatic heterocycles. The summed E-state index contributed by atoms with van der Waals surface area (Å²) >= 11 is 5.78. The van der Waals surface area contributed by atoms with Gasteiger partial charge in [0.2, 0.25) is 0 Å². The van der Waals surface area contributed by atoms with Crippen molar-refractivity contribution < 1.29 is 17.9 Å². The number of esters is 1. The van der Waals surface area contributed by atoms with Crippen molar-refractivity contribution in [1.82, 2.24) is 0 Å². The van der Waals surface area contributed by atoms with Gasteiger partial charge in [0.1, 0.15) is 11.0 Å². The number of carbonyl (C=O) groups excluding carboxylic acids is 1. The zero-order valence-electron chi connectivity index (χ0n) is 11.5. The Labute approximate surface area is 133 Å². The Balaban J connectivity index is 2.13. The molecule has 1 aliphatic rings. The average molecular weight is 351 g/mol. The summed E-state index contributed by atoms with van der Waals surface area (Å²) in [5.41, 5.74) is 0.136. The molecule has 0 atom stereocenters. The smallest absolute Gasteiger partial charge is 0.338 e. The number of rotatable bonds is 3. The Morgan fingerprint density at radius 3 is 2.43 bits per heavy atom. The monoisotopic (exact) mass is 350 g/mol. The first-order valence-corrected chi connectivity index (χ1v) is 9.41. The molecular weight excluding hydrogens is 335 g/mol. The molecule has 2 rings (SSSR count). The van der Waals surface area contributed by atoms with E-state index < -0.39 is 15.0 Å². The minimum Gasteiger partial charge on any atom is -0.459 e. The topological polar surface area (TPSA) is 60.4 Å². The summed E-state index contributed by atoms with van der Waals surface area (Å²) in [5.74, 6) is 0.108. The lowest BCUT2D eigenvalue weighted by molar-refractivity contribution is 0.0173. The molecule has 1 aliphatic carbocycles. The van der Waals surface area contributed by atoms with Crippen LogP contribution in [-0.2, 0) is 13.8 Å². The molecule has 0 bridgehead atoms. The van der Waals surface area contributed by atoms with Crippen LogP contribution in [0.4, 0.5) is 0 Å². The molecule has 1 aromatic carbocycles. The lowest BCUT2D eigenvalue weighted by Gasteiger charge is -2.26. The summed E-state index contributed by atoms with van der Waals surface area (Å²) in [6, 6.07) is 3.91. The molecule has 116 valence electrons. The molecule has 0 N–H and O–H groups in total. The van der Waals surface area contributed by atoms with E-state index in [1.54, 1.807) is 0 Å². The number of benzene rings is 1. The molecule has 0 unspecified atom stereocenters. The van der Waals surface area contributed by atoms with E-state index in [1.807, 2.05) is 0 Å². The van der Waals surface area contributed by atoms with E-state index in [2.05, 4.69) is 6.92 Å². The number of carbonyl (C=O) groups is 1. The van der Waals surface area contributed by atoms with Gasteiger partial charge in [0.15, 0.2) is 0 Å². The predicted octanol–water partition coefficient (Wildman–Crippen LogP) is 4.00. The van der Waals surface area contributed by atoms with Crippen molar-refractivity contribution in [3.05, 3.63) is 28.8 Å². The second-order valence-corrected chi connectivity index (χ2v) is 8.31. The first-order valence-electron chi connectivity index (χ1n) is 6.72. The van der Waals surface area contributed by atoms with Gasteiger partial charge in [-0.3, -0.25) is 0 Å². The highest BCUT2D eigenvalue weighted by molar-refractivity contribution is 8.13. The van der Waals surface area contributed by atoms with Gasteiger partial charge >= 0.3 is 5.97 Å². The summed E-state index contributed by atoms with van der Waals surface area (Å²) in [6.07, 6.45) is 3.61. The van der Waals surface area contributed by atoms with E-state index in [1.165, 1.54) is 12.1 Å². The third kappa shape index (κ3) is 4.34. The number of ether oxygens (including phenoxy) is 1. The van der Waals surface area contributed by atoms with Gasteiger partial charge < -0.3 is 4.74 Å². The van der Waals surface area contributed by atoms with Crippen LogP contribution in [0, 0.1) is 5.92 Å². The third-order valence-corrected chi connectivity index (χ3v) is 5.47. The maximum absolute atomic E-state index is 12.1.